The van der Waals surface area contributed by atoms with Crippen LogP contribution in [-0.4, -0.2) is 33.4 Å². The highest BCUT2D eigenvalue weighted by atomic mass is 16.5. The smallest absolute Gasteiger partial charge is 0.303 e. The fraction of sp³-hybridized carbons (Fsp3) is 0.312. The normalized spacial score (nSPS) is 10.3. The molecule has 0 spiro atoms. The molecule has 0 fully saturated rings. The second kappa shape index (κ2) is 7.44. The molecule has 2 aromatic rings. The lowest BCUT2D eigenvalue weighted by molar-refractivity contribution is -0.137. The number of nitrogens with one attached hydrogen (secondary N) is 1. The van der Waals surface area contributed by atoms with E-state index in [1.807, 2.05) is 6.92 Å². The molecule has 0 bridgehead atoms. The zero-order valence-electron chi connectivity index (χ0n) is 13.1. The van der Waals surface area contributed by atoms with Gasteiger partial charge in [-0.1, -0.05) is 0 Å². The lowest BCUT2D eigenvalue weighted by Crippen LogP contribution is -2.13. The number of aromatic nitrogens is 2. The first-order chi connectivity index (χ1) is 11.0. The van der Waals surface area contributed by atoms with Crippen molar-refractivity contribution in [1.82, 2.24) is 9.78 Å². The largest absolute Gasteiger partial charge is 0.494 e. The van der Waals surface area contributed by atoms with Gasteiger partial charge in [0, 0.05) is 24.8 Å². The van der Waals surface area contributed by atoms with Crippen LogP contribution >= 0.6 is 0 Å². The van der Waals surface area contributed by atoms with Gasteiger partial charge in [-0.3, -0.25) is 14.3 Å². The molecule has 1 aromatic heterocycles. The Morgan fingerprint density at radius 2 is 2.00 bits per heavy atom. The number of benzene rings is 1. The third-order valence-corrected chi connectivity index (χ3v) is 3.26. The molecule has 7 heteroatoms. The van der Waals surface area contributed by atoms with E-state index < -0.39 is 5.97 Å². The van der Waals surface area contributed by atoms with Gasteiger partial charge in [-0.2, -0.15) is 5.10 Å². The first kappa shape index (κ1) is 16.5. The third kappa shape index (κ3) is 4.84. The van der Waals surface area contributed by atoms with Crippen LogP contribution in [0.2, 0.25) is 0 Å². The van der Waals surface area contributed by atoms with Crippen LogP contribution in [-0.2, 0) is 11.8 Å². The molecule has 0 unspecified atom stereocenters. The summed E-state index contributed by atoms with van der Waals surface area (Å²) >= 11 is 0. The van der Waals surface area contributed by atoms with Crippen molar-refractivity contribution < 1.29 is 19.4 Å². The Bertz CT molecular complexity index is 672. The first-order valence-electron chi connectivity index (χ1n) is 7.22. The van der Waals surface area contributed by atoms with Gasteiger partial charge in [0.1, 0.15) is 5.75 Å². The minimum Gasteiger partial charge on any atom is -0.494 e. The lowest BCUT2D eigenvalue weighted by atomic mass is 10.3. The van der Waals surface area contributed by atoms with E-state index in [0.717, 1.165) is 5.69 Å². The topological polar surface area (TPSA) is 93.4 Å². The van der Waals surface area contributed by atoms with E-state index in [2.05, 4.69) is 10.4 Å². The summed E-state index contributed by atoms with van der Waals surface area (Å²) in [4.78, 5) is 22.5. The number of carboxylic acids is 1. The van der Waals surface area contributed by atoms with Crippen molar-refractivity contribution in [1.29, 1.82) is 0 Å². The molecule has 2 N–H and O–H groups in total. The Hall–Kier alpha value is -2.83. The number of anilines is 1. The van der Waals surface area contributed by atoms with Crippen molar-refractivity contribution in [2.45, 2.75) is 19.8 Å². The maximum atomic E-state index is 12.1. The summed E-state index contributed by atoms with van der Waals surface area (Å²) in [6, 6.07) is 8.61. The molecule has 0 atom stereocenters. The van der Waals surface area contributed by atoms with Gasteiger partial charge in [-0.05, 0) is 43.7 Å². The predicted molar refractivity (Wildman–Crippen MR) is 84.7 cm³/mol. The van der Waals surface area contributed by atoms with Crippen LogP contribution in [0.1, 0.15) is 29.0 Å². The van der Waals surface area contributed by atoms with Crippen molar-refractivity contribution in [2.24, 2.45) is 7.05 Å². The summed E-state index contributed by atoms with van der Waals surface area (Å²) in [6.07, 6.45) is 0.532. The number of aryl methyl sites for hydroxylation is 2. The maximum Gasteiger partial charge on any atom is 0.303 e. The van der Waals surface area contributed by atoms with Crippen LogP contribution in [0.5, 0.6) is 5.75 Å². The van der Waals surface area contributed by atoms with E-state index in [-0.39, 0.29) is 12.3 Å². The van der Waals surface area contributed by atoms with E-state index >= 15 is 0 Å². The molecule has 0 aliphatic carbocycles. The summed E-state index contributed by atoms with van der Waals surface area (Å²) in [6.45, 7) is 2.21. The molecule has 2 rings (SSSR count). The van der Waals surface area contributed by atoms with Crippen LogP contribution in [0.4, 0.5) is 5.69 Å². The van der Waals surface area contributed by atoms with E-state index in [1.165, 1.54) is 0 Å². The van der Waals surface area contributed by atoms with Gasteiger partial charge in [0.2, 0.25) is 0 Å². The predicted octanol–water partition coefficient (Wildman–Crippen LogP) is 2.22. The van der Waals surface area contributed by atoms with Gasteiger partial charge in [-0.15, -0.1) is 0 Å². The molecule has 0 radical (unpaired) electrons. The number of hydrogen-bond acceptors (Lipinski definition) is 4. The minimum absolute atomic E-state index is 0.0810. The maximum absolute atomic E-state index is 12.1. The molecule has 0 aliphatic heterocycles. The number of ether oxygens (including phenoxy) is 1. The van der Waals surface area contributed by atoms with E-state index in [0.29, 0.717) is 30.2 Å². The number of aliphatic carboxylic acids is 1. The Labute approximate surface area is 133 Å². The lowest BCUT2D eigenvalue weighted by Gasteiger charge is -2.07. The molecule has 0 saturated heterocycles. The van der Waals surface area contributed by atoms with Crippen molar-refractivity contribution in [3.63, 3.8) is 0 Å². The second-order valence-corrected chi connectivity index (χ2v) is 5.12. The molecular weight excluding hydrogens is 298 g/mol. The van der Waals surface area contributed by atoms with Crippen LogP contribution in [0.15, 0.2) is 30.3 Å². The number of carboxylic acid groups (broad SMARTS) is 1. The Kier molecular flexibility index (Phi) is 5.35. The minimum atomic E-state index is -0.837. The highest BCUT2D eigenvalue weighted by Gasteiger charge is 2.11. The fourth-order valence-electron chi connectivity index (χ4n) is 1.91. The van der Waals surface area contributed by atoms with Crippen molar-refractivity contribution in [3.8, 4) is 5.75 Å². The molecule has 1 aromatic carbocycles. The van der Waals surface area contributed by atoms with E-state index in [1.54, 1.807) is 42.1 Å². The second-order valence-electron chi connectivity index (χ2n) is 5.12. The van der Waals surface area contributed by atoms with Crippen LogP contribution < -0.4 is 10.1 Å². The summed E-state index contributed by atoms with van der Waals surface area (Å²) in [5, 5.41) is 15.4. The average molecular weight is 317 g/mol. The number of nitrogens with zero attached hydrogens (tertiary/aromatic N) is 2. The summed E-state index contributed by atoms with van der Waals surface area (Å²) in [7, 11) is 1.78. The Morgan fingerprint density at radius 3 is 2.57 bits per heavy atom. The van der Waals surface area contributed by atoms with Gasteiger partial charge in [-0.25, -0.2) is 0 Å². The molecule has 1 heterocycles. The first-order valence-corrected chi connectivity index (χ1v) is 7.22. The van der Waals surface area contributed by atoms with Gasteiger partial charge in [0.15, 0.2) is 5.69 Å². The van der Waals surface area contributed by atoms with Gasteiger partial charge >= 0.3 is 5.97 Å². The number of carbonyl (C=O) groups is 2. The molecule has 7 nitrogen and oxygen atoms in total. The van der Waals surface area contributed by atoms with Crippen molar-refractivity contribution in [2.75, 3.05) is 11.9 Å². The van der Waals surface area contributed by atoms with Crippen molar-refractivity contribution >= 4 is 17.6 Å². The zero-order valence-corrected chi connectivity index (χ0v) is 13.1. The summed E-state index contributed by atoms with van der Waals surface area (Å²) < 4.78 is 7.07. The Morgan fingerprint density at radius 1 is 1.30 bits per heavy atom. The third-order valence-electron chi connectivity index (χ3n) is 3.26. The van der Waals surface area contributed by atoms with Gasteiger partial charge in [0.05, 0.1) is 6.61 Å². The number of amides is 1. The van der Waals surface area contributed by atoms with Crippen LogP contribution in [0.3, 0.4) is 0 Å². The van der Waals surface area contributed by atoms with Crippen LogP contribution in [0.25, 0.3) is 0 Å². The summed E-state index contributed by atoms with van der Waals surface area (Å²) in [5.74, 6) is -0.484. The molecule has 1 amide bonds. The highest BCUT2D eigenvalue weighted by molar-refractivity contribution is 6.02. The standard InChI is InChI=1S/C16H19N3O4/c1-11-10-14(18-19(11)2)16(22)17-12-5-7-13(8-6-12)23-9-3-4-15(20)21/h5-8,10H,3-4,9H2,1-2H3,(H,17,22)(H,20,21). The summed E-state index contributed by atoms with van der Waals surface area (Å²) in [5.41, 5.74) is 1.90. The molecule has 122 valence electrons. The zero-order chi connectivity index (χ0) is 16.8. The number of carbonyl (C=O) groups excluding carboxylic acids is 1. The highest BCUT2D eigenvalue weighted by Crippen LogP contribution is 2.17. The molecule has 0 aliphatic rings. The van der Waals surface area contributed by atoms with Gasteiger partial charge in [0.25, 0.3) is 5.91 Å². The Balaban J connectivity index is 1.87. The molecule has 0 saturated carbocycles. The van der Waals surface area contributed by atoms with E-state index in [4.69, 9.17) is 9.84 Å². The number of hydrogen-bond donors (Lipinski definition) is 2. The quantitative estimate of drug-likeness (QED) is 0.764. The van der Waals surface area contributed by atoms with Crippen molar-refractivity contribution in [3.05, 3.63) is 41.7 Å². The fourth-order valence-corrected chi connectivity index (χ4v) is 1.91. The number of rotatable bonds is 7. The van der Waals surface area contributed by atoms with E-state index in [9.17, 15) is 9.59 Å². The SMILES string of the molecule is Cc1cc(C(=O)Nc2ccc(OCCCC(=O)O)cc2)nn1C. The van der Waals surface area contributed by atoms with Crippen LogP contribution in [0, 0.1) is 6.92 Å². The average Bonchev–Trinajstić information content (AvgIpc) is 2.85. The molecular formula is C16H19N3O4. The monoisotopic (exact) mass is 317 g/mol. The molecule has 23 heavy (non-hydrogen) atoms. The van der Waals surface area contributed by atoms with Gasteiger partial charge < -0.3 is 15.2 Å².